The van der Waals surface area contributed by atoms with Crippen molar-refractivity contribution < 1.29 is 19.1 Å². The van der Waals surface area contributed by atoms with Crippen molar-refractivity contribution in [2.75, 3.05) is 13.7 Å². The molecule has 0 heterocycles. The summed E-state index contributed by atoms with van der Waals surface area (Å²) < 4.78 is 9.99. The molecule has 0 bridgehead atoms. The van der Waals surface area contributed by atoms with E-state index in [0.29, 0.717) is 17.9 Å². The number of nitrogens with one attached hydrogen (secondary N) is 1. The lowest BCUT2D eigenvalue weighted by molar-refractivity contribution is -0.123. The van der Waals surface area contributed by atoms with Gasteiger partial charge >= 0.3 is 5.97 Å². The number of esters is 1. The summed E-state index contributed by atoms with van der Waals surface area (Å²) >= 11 is 0. The summed E-state index contributed by atoms with van der Waals surface area (Å²) in [6, 6.07) is 14.4. The zero-order valence-electron chi connectivity index (χ0n) is 13.2. The molecule has 2 aromatic rings. The molecule has 0 saturated heterocycles. The van der Waals surface area contributed by atoms with E-state index in [2.05, 4.69) is 10.1 Å². The Morgan fingerprint density at radius 2 is 1.65 bits per heavy atom. The van der Waals surface area contributed by atoms with Gasteiger partial charge in [-0.25, -0.2) is 4.79 Å². The molecule has 0 radical (unpaired) electrons. The first-order valence-corrected chi connectivity index (χ1v) is 7.22. The van der Waals surface area contributed by atoms with Crippen LogP contribution in [0.4, 0.5) is 0 Å². The third-order valence-electron chi connectivity index (χ3n) is 3.26. The van der Waals surface area contributed by atoms with E-state index in [1.54, 1.807) is 24.3 Å². The zero-order chi connectivity index (χ0) is 16.7. The highest BCUT2D eigenvalue weighted by Crippen LogP contribution is 2.12. The van der Waals surface area contributed by atoms with Crippen LogP contribution in [-0.2, 0) is 16.1 Å². The Bertz CT molecular complexity index is 662. The molecule has 0 aliphatic carbocycles. The number of methoxy groups -OCH3 is 1. The molecule has 0 unspecified atom stereocenters. The van der Waals surface area contributed by atoms with Gasteiger partial charge in [0.2, 0.25) is 0 Å². The van der Waals surface area contributed by atoms with E-state index in [1.165, 1.54) is 12.7 Å². The van der Waals surface area contributed by atoms with E-state index in [9.17, 15) is 9.59 Å². The van der Waals surface area contributed by atoms with Crippen LogP contribution >= 0.6 is 0 Å². The lowest BCUT2D eigenvalue weighted by atomic mass is 10.1. The number of aryl methyl sites for hydroxylation is 1. The summed E-state index contributed by atoms with van der Waals surface area (Å²) in [5.74, 6) is -0.0989. The van der Waals surface area contributed by atoms with Gasteiger partial charge in [-0.1, -0.05) is 29.8 Å². The van der Waals surface area contributed by atoms with E-state index in [4.69, 9.17) is 4.74 Å². The minimum absolute atomic E-state index is 0.0799. The van der Waals surface area contributed by atoms with Crippen molar-refractivity contribution in [1.82, 2.24) is 5.32 Å². The highest BCUT2D eigenvalue weighted by molar-refractivity contribution is 5.89. The molecule has 0 aromatic heterocycles. The number of amides is 1. The number of hydrogen-bond donors (Lipinski definition) is 1. The van der Waals surface area contributed by atoms with Gasteiger partial charge in [0.1, 0.15) is 5.75 Å². The molecule has 0 atom stereocenters. The molecule has 2 rings (SSSR count). The normalized spacial score (nSPS) is 10.0. The molecule has 23 heavy (non-hydrogen) atoms. The number of ether oxygens (including phenoxy) is 2. The van der Waals surface area contributed by atoms with Crippen LogP contribution in [0, 0.1) is 6.92 Å². The first-order chi connectivity index (χ1) is 11.1. The average molecular weight is 313 g/mol. The van der Waals surface area contributed by atoms with E-state index >= 15 is 0 Å². The fraction of sp³-hybridized carbons (Fsp3) is 0.222. The number of carbonyl (C=O) groups excluding carboxylic acids is 2. The largest absolute Gasteiger partial charge is 0.484 e. The Balaban J connectivity index is 1.77. The molecule has 0 aliphatic rings. The molecule has 1 amide bonds. The van der Waals surface area contributed by atoms with Crippen LogP contribution in [0.15, 0.2) is 48.5 Å². The van der Waals surface area contributed by atoms with Crippen LogP contribution in [0.1, 0.15) is 21.5 Å². The predicted molar refractivity (Wildman–Crippen MR) is 86.3 cm³/mol. The molecule has 0 spiro atoms. The number of benzene rings is 2. The van der Waals surface area contributed by atoms with Gasteiger partial charge in [-0.3, -0.25) is 4.79 Å². The Labute approximate surface area is 135 Å². The van der Waals surface area contributed by atoms with Crippen LogP contribution in [0.2, 0.25) is 0 Å². The van der Waals surface area contributed by atoms with Crippen molar-refractivity contribution in [3.63, 3.8) is 0 Å². The van der Waals surface area contributed by atoms with Crippen molar-refractivity contribution in [1.29, 1.82) is 0 Å². The summed E-state index contributed by atoms with van der Waals surface area (Å²) in [6.07, 6.45) is 0. The maximum Gasteiger partial charge on any atom is 0.337 e. The third kappa shape index (κ3) is 5.14. The van der Waals surface area contributed by atoms with Crippen LogP contribution in [-0.4, -0.2) is 25.6 Å². The van der Waals surface area contributed by atoms with Gasteiger partial charge in [0, 0.05) is 6.54 Å². The monoisotopic (exact) mass is 313 g/mol. The Kier molecular flexibility index (Phi) is 5.74. The molecule has 1 N–H and O–H groups in total. The highest BCUT2D eigenvalue weighted by Gasteiger charge is 2.06. The van der Waals surface area contributed by atoms with Crippen LogP contribution < -0.4 is 10.1 Å². The first kappa shape index (κ1) is 16.5. The molecule has 120 valence electrons. The maximum absolute atomic E-state index is 11.8. The Morgan fingerprint density at radius 3 is 2.26 bits per heavy atom. The second kappa shape index (κ2) is 7.98. The molecule has 0 fully saturated rings. The van der Waals surface area contributed by atoms with Gasteiger partial charge in [0.15, 0.2) is 6.61 Å². The fourth-order valence-corrected chi connectivity index (χ4v) is 1.91. The molecule has 5 nitrogen and oxygen atoms in total. The number of hydrogen-bond acceptors (Lipinski definition) is 4. The SMILES string of the molecule is COC(=O)c1ccc(OCC(=O)NCc2ccc(C)cc2)cc1. The highest BCUT2D eigenvalue weighted by atomic mass is 16.5. The average Bonchev–Trinajstić information content (AvgIpc) is 2.59. The van der Waals surface area contributed by atoms with Crippen molar-refractivity contribution in [2.24, 2.45) is 0 Å². The van der Waals surface area contributed by atoms with Gasteiger partial charge in [0.25, 0.3) is 5.91 Å². The summed E-state index contributed by atoms with van der Waals surface area (Å²) in [6.45, 7) is 2.40. The number of rotatable bonds is 6. The summed E-state index contributed by atoms with van der Waals surface area (Å²) in [7, 11) is 1.32. The van der Waals surface area contributed by atoms with E-state index in [-0.39, 0.29) is 12.5 Å². The minimum atomic E-state index is -0.410. The zero-order valence-corrected chi connectivity index (χ0v) is 13.2. The summed E-state index contributed by atoms with van der Waals surface area (Å²) in [5, 5.41) is 2.79. The molecular formula is C18H19NO4. The van der Waals surface area contributed by atoms with Gasteiger partial charge < -0.3 is 14.8 Å². The Hall–Kier alpha value is -2.82. The lowest BCUT2D eigenvalue weighted by Gasteiger charge is -2.08. The van der Waals surface area contributed by atoms with E-state index in [1.807, 2.05) is 31.2 Å². The molecule has 2 aromatic carbocycles. The maximum atomic E-state index is 11.8. The minimum Gasteiger partial charge on any atom is -0.484 e. The quantitative estimate of drug-likeness (QED) is 0.832. The van der Waals surface area contributed by atoms with Crippen molar-refractivity contribution in [2.45, 2.75) is 13.5 Å². The third-order valence-corrected chi connectivity index (χ3v) is 3.26. The number of carbonyl (C=O) groups is 2. The van der Waals surface area contributed by atoms with E-state index < -0.39 is 5.97 Å². The smallest absolute Gasteiger partial charge is 0.337 e. The summed E-state index contributed by atoms with van der Waals surface area (Å²) in [4.78, 5) is 23.1. The molecule has 5 heteroatoms. The standard InChI is InChI=1S/C18H19NO4/c1-13-3-5-14(6-4-13)11-19-17(20)12-23-16-9-7-15(8-10-16)18(21)22-2/h3-10H,11-12H2,1-2H3,(H,19,20). The van der Waals surface area contributed by atoms with Gasteiger partial charge in [-0.15, -0.1) is 0 Å². The topological polar surface area (TPSA) is 64.6 Å². The van der Waals surface area contributed by atoms with Crippen molar-refractivity contribution in [3.8, 4) is 5.75 Å². The van der Waals surface area contributed by atoms with E-state index in [0.717, 1.165) is 5.56 Å². The van der Waals surface area contributed by atoms with Gasteiger partial charge in [0.05, 0.1) is 12.7 Å². The second-order valence-corrected chi connectivity index (χ2v) is 5.07. The van der Waals surface area contributed by atoms with Crippen molar-refractivity contribution in [3.05, 3.63) is 65.2 Å². The first-order valence-electron chi connectivity index (χ1n) is 7.22. The van der Waals surface area contributed by atoms with Crippen LogP contribution in [0.3, 0.4) is 0 Å². The van der Waals surface area contributed by atoms with Crippen molar-refractivity contribution >= 4 is 11.9 Å². The lowest BCUT2D eigenvalue weighted by Crippen LogP contribution is -2.28. The van der Waals surface area contributed by atoms with Crippen LogP contribution in [0.5, 0.6) is 5.75 Å². The van der Waals surface area contributed by atoms with Gasteiger partial charge in [-0.05, 0) is 36.8 Å². The Morgan fingerprint density at radius 1 is 1.00 bits per heavy atom. The molecule has 0 aliphatic heterocycles. The molecule has 0 saturated carbocycles. The second-order valence-electron chi connectivity index (χ2n) is 5.07. The van der Waals surface area contributed by atoms with Crippen LogP contribution in [0.25, 0.3) is 0 Å². The van der Waals surface area contributed by atoms with Gasteiger partial charge in [-0.2, -0.15) is 0 Å². The predicted octanol–water partition coefficient (Wildman–Crippen LogP) is 2.48. The fourth-order valence-electron chi connectivity index (χ4n) is 1.91. The summed E-state index contributed by atoms with van der Waals surface area (Å²) in [5.41, 5.74) is 2.65. The molecular weight excluding hydrogens is 294 g/mol.